The number of likely N-dealkylation sites (N-methyl/N-ethyl adjacent to an activating group) is 1. The molecule has 8 rings (SSSR count). The number of nitrogens with one attached hydrogen (secondary N) is 3. The maximum absolute atomic E-state index is 14.4. The van der Waals surface area contributed by atoms with Crippen LogP contribution >= 0.6 is 22.9 Å². The summed E-state index contributed by atoms with van der Waals surface area (Å²) in [5.41, 5.74) is 4.62. The monoisotopic (exact) mass is 1040 g/mol. The molecule has 3 atom stereocenters. The Hall–Kier alpha value is -5.86. The van der Waals surface area contributed by atoms with Crippen LogP contribution < -0.4 is 16.0 Å². The molecule has 4 amide bonds. The van der Waals surface area contributed by atoms with Crippen LogP contribution in [-0.2, 0) is 35.2 Å². The number of rotatable bonds is 21. The lowest BCUT2D eigenvalue weighted by molar-refractivity contribution is -0.140. The van der Waals surface area contributed by atoms with Gasteiger partial charge in [0, 0.05) is 84.1 Å². The van der Waals surface area contributed by atoms with E-state index in [1.807, 2.05) is 35.8 Å². The van der Waals surface area contributed by atoms with E-state index in [-0.39, 0.29) is 99.9 Å². The second-order valence-corrected chi connectivity index (χ2v) is 20.8. The lowest BCUT2D eigenvalue weighted by Gasteiger charge is -2.39. The maximum atomic E-state index is 14.4. The van der Waals surface area contributed by atoms with Crippen molar-refractivity contribution in [3.05, 3.63) is 98.3 Å². The van der Waals surface area contributed by atoms with Gasteiger partial charge in [-0.1, -0.05) is 43.0 Å². The van der Waals surface area contributed by atoms with E-state index in [1.165, 1.54) is 17.0 Å². The van der Waals surface area contributed by atoms with Crippen LogP contribution in [0.4, 0.5) is 4.39 Å². The molecule has 2 aliphatic heterocycles. The number of benzene rings is 2. The topological polar surface area (TPSA) is 194 Å². The van der Waals surface area contributed by atoms with Crippen molar-refractivity contribution in [3.63, 3.8) is 0 Å². The van der Waals surface area contributed by atoms with Gasteiger partial charge in [0.05, 0.1) is 31.6 Å². The van der Waals surface area contributed by atoms with Crippen LogP contribution in [0.5, 0.6) is 0 Å². The zero-order valence-electron chi connectivity index (χ0n) is 42.3. The first-order valence-electron chi connectivity index (χ1n) is 25.4. The number of fused-ring (bicyclic) bond motifs is 4. The molecule has 390 valence electrons. The molecule has 0 bridgehead atoms. The van der Waals surface area contributed by atoms with Gasteiger partial charge in [0.1, 0.15) is 46.7 Å². The number of carbonyl (C=O) groups excluding carboxylic acids is 5. The Labute approximate surface area is 434 Å². The van der Waals surface area contributed by atoms with Gasteiger partial charge in [-0.2, -0.15) is 0 Å². The van der Waals surface area contributed by atoms with Gasteiger partial charge < -0.3 is 39.8 Å². The summed E-state index contributed by atoms with van der Waals surface area (Å²) in [6, 6.07) is 11.8. The average molecular weight is 1040 g/mol. The molecule has 0 unspecified atom stereocenters. The fourth-order valence-corrected chi connectivity index (χ4v) is 11.3. The summed E-state index contributed by atoms with van der Waals surface area (Å²) in [7, 11) is 1.71. The normalized spacial score (nSPS) is 16.9. The van der Waals surface area contributed by atoms with Gasteiger partial charge >= 0.3 is 0 Å². The van der Waals surface area contributed by atoms with Crippen LogP contribution in [0.1, 0.15) is 108 Å². The van der Waals surface area contributed by atoms with E-state index < -0.39 is 23.9 Å². The zero-order chi connectivity index (χ0) is 51.8. The van der Waals surface area contributed by atoms with Crippen molar-refractivity contribution >= 4 is 69.0 Å². The highest BCUT2D eigenvalue weighted by atomic mass is 35.5. The molecule has 2 fully saturated rings. The minimum atomic E-state index is -0.633. The molecule has 1 aliphatic carbocycles. The SMILES string of the molecule is CN[C@@H](C)C(=O)N[C@H](C(=O)N1CCN(C(=O)c2cc3cc(F)ccc3n2CC(=O)NCCOCCOCCCC(=O)C[C@@H]2N=C(c3ccc(Cl)cc3)c3c(sc(C)c3C)-n3c(C)nnc32)CC1)C1CCCCC1. The number of nitrogens with zero attached hydrogens (tertiary/aromatic N) is 7. The van der Waals surface area contributed by atoms with Gasteiger partial charge in [0.2, 0.25) is 17.7 Å². The number of Topliss-reactive ketones (excluding diaryl/α,β-unsaturated/α-hetero) is 1. The zero-order valence-corrected chi connectivity index (χ0v) is 43.9. The van der Waals surface area contributed by atoms with Crippen LogP contribution in [0, 0.1) is 32.5 Å². The summed E-state index contributed by atoms with van der Waals surface area (Å²) in [4.78, 5) is 77.5. The average Bonchev–Trinajstić information content (AvgIpc) is 4.02. The van der Waals surface area contributed by atoms with E-state index in [1.54, 1.807) is 51.8 Å². The van der Waals surface area contributed by atoms with E-state index in [4.69, 9.17) is 26.1 Å². The first kappa shape index (κ1) is 53.4. The van der Waals surface area contributed by atoms with Crippen LogP contribution in [0.25, 0.3) is 15.9 Å². The van der Waals surface area contributed by atoms with Gasteiger partial charge in [-0.3, -0.25) is 33.5 Å². The highest BCUT2D eigenvalue weighted by molar-refractivity contribution is 7.15. The van der Waals surface area contributed by atoms with Crippen molar-refractivity contribution in [1.29, 1.82) is 0 Å². The molecule has 0 spiro atoms. The molecule has 1 saturated carbocycles. The van der Waals surface area contributed by atoms with Crippen molar-refractivity contribution in [2.75, 3.05) is 66.2 Å². The number of aromatic nitrogens is 4. The fourth-order valence-electron chi connectivity index (χ4n) is 9.94. The van der Waals surface area contributed by atoms with Crippen LogP contribution in [0.3, 0.4) is 0 Å². The number of piperazine rings is 1. The largest absolute Gasteiger partial charge is 0.379 e. The molecular formula is C53H66ClFN10O7S. The van der Waals surface area contributed by atoms with E-state index >= 15 is 0 Å². The lowest BCUT2D eigenvalue weighted by Crippen LogP contribution is -2.59. The Morgan fingerprint density at radius 3 is 2.33 bits per heavy atom. The van der Waals surface area contributed by atoms with Crippen molar-refractivity contribution in [2.24, 2.45) is 10.9 Å². The molecule has 73 heavy (non-hydrogen) atoms. The molecule has 20 heteroatoms. The van der Waals surface area contributed by atoms with Crippen LogP contribution in [-0.4, -0.2) is 143 Å². The molecule has 3 aliphatic rings. The van der Waals surface area contributed by atoms with Crippen molar-refractivity contribution in [1.82, 2.24) is 45.1 Å². The summed E-state index contributed by atoms with van der Waals surface area (Å²) < 4.78 is 29.5. The quantitative estimate of drug-likeness (QED) is 0.0689. The molecule has 3 aromatic heterocycles. The standard InChI is InChI=1S/C53H66ClFN10O7S/c1-32-34(3)73-53-46(32)47(37-13-15-39(54)16-14-37)58-42(49-61-60-35(4)65(49)53)30-41(66)12-9-24-71-26-27-72-25-19-57-45(67)31-64-43-18-17-40(55)28-38(43)29-44(64)51(69)62-20-22-63(23-21-62)52(70)48(36-10-7-6-8-11-36)59-50(68)33(2)56-5/h13-18,28-29,33,36,42,48,56H,6-12,19-27,30-31H2,1-5H3,(H,57,67)(H,59,68)/t33-,42-,48-/m0/s1. The molecule has 17 nitrogen and oxygen atoms in total. The Kier molecular flexibility index (Phi) is 17.9. The van der Waals surface area contributed by atoms with Gasteiger partial charge in [-0.25, -0.2) is 4.39 Å². The first-order chi connectivity index (χ1) is 35.2. The third-order valence-corrected chi connectivity index (χ3v) is 15.7. The summed E-state index contributed by atoms with van der Waals surface area (Å²) in [6.45, 7) is 10.1. The fraction of sp³-hybridized carbons (Fsp3) is 0.509. The molecule has 0 radical (unpaired) electrons. The van der Waals surface area contributed by atoms with Gasteiger partial charge in [0.25, 0.3) is 5.91 Å². The van der Waals surface area contributed by atoms with E-state index in [0.717, 1.165) is 65.3 Å². The Morgan fingerprint density at radius 2 is 1.60 bits per heavy atom. The number of halogens is 2. The highest BCUT2D eigenvalue weighted by Crippen LogP contribution is 2.40. The van der Waals surface area contributed by atoms with E-state index in [0.29, 0.717) is 47.8 Å². The number of hydrogen-bond acceptors (Lipinski definition) is 12. The maximum Gasteiger partial charge on any atom is 0.270 e. The molecular weight excluding hydrogens is 975 g/mol. The number of amides is 4. The Balaban J connectivity index is 0.774. The third-order valence-electron chi connectivity index (χ3n) is 14.2. The third kappa shape index (κ3) is 12.6. The van der Waals surface area contributed by atoms with Crippen molar-refractivity contribution in [2.45, 2.75) is 104 Å². The van der Waals surface area contributed by atoms with E-state index in [9.17, 15) is 28.4 Å². The molecule has 1 saturated heterocycles. The number of aliphatic imine (C=N–C) groups is 1. The number of ketones is 1. The Bertz CT molecular complexity index is 2830. The Morgan fingerprint density at radius 1 is 0.890 bits per heavy atom. The second kappa shape index (κ2) is 24.4. The number of aryl methyl sites for hydroxylation is 2. The number of ether oxygens (including phenoxy) is 2. The smallest absolute Gasteiger partial charge is 0.270 e. The number of hydrogen-bond donors (Lipinski definition) is 3. The van der Waals surface area contributed by atoms with Gasteiger partial charge in [-0.05, 0) is 102 Å². The summed E-state index contributed by atoms with van der Waals surface area (Å²) in [5.74, 6) is -0.0496. The summed E-state index contributed by atoms with van der Waals surface area (Å²) in [5, 5.41) is 19.8. The molecule has 5 heterocycles. The first-order valence-corrected chi connectivity index (χ1v) is 26.6. The lowest BCUT2D eigenvalue weighted by atomic mass is 9.83. The molecule has 2 aromatic carbocycles. The number of thiophene rings is 1. The predicted molar refractivity (Wildman–Crippen MR) is 278 cm³/mol. The molecule has 3 N–H and O–H groups in total. The van der Waals surface area contributed by atoms with Crippen molar-refractivity contribution < 1.29 is 37.8 Å². The number of carbonyl (C=O) groups is 5. The molecule has 5 aromatic rings. The minimum absolute atomic E-state index is 0.0372. The second-order valence-electron chi connectivity index (χ2n) is 19.2. The predicted octanol–water partition coefficient (Wildman–Crippen LogP) is 6.44. The minimum Gasteiger partial charge on any atom is -0.379 e. The summed E-state index contributed by atoms with van der Waals surface area (Å²) in [6.07, 6.45) is 5.86. The van der Waals surface area contributed by atoms with Crippen LogP contribution in [0.2, 0.25) is 5.02 Å². The highest BCUT2D eigenvalue weighted by Gasteiger charge is 2.37. The van der Waals surface area contributed by atoms with Crippen molar-refractivity contribution in [3.8, 4) is 5.00 Å². The van der Waals surface area contributed by atoms with Gasteiger partial charge in [0.15, 0.2) is 5.82 Å². The van der Waals surface area contributed by atoms with Crippen LogP contribution in [0.15, 0.2) is 53.5 Å². The van der Waals surface area contributed by atoms with Gasteiger partial charge in [-0.15, -0.1) is 21.5 Å². The van der Waals surface area contributed by atoms with E-state index in [2.05, 4.69) is 40.0 Å². The summed E-state index contributed by atoms with van der Waals surface area (Å²) >= 11 is 7.91.